The van der Waals surface area contributed by atoms with Crippen LogP contribution in [0.25, 0.3) is 11.0 Å². The van der Waals surface area contributed by atoms with Gasteiger partial charge in [0.05, 0.1) is 28.3 Å². The summed E-state index contributed by atoms with van der Waals surface area (Å²) in [6.07, 6.45) is -1.08. The Balaban J connectivity index is 1.24. The van der Waals surface area contributed by atoms with Crippen molar-refractivity contribution in [3.63, 3.8) is 0 Å². The summed E-state index contributed by atoms with van der Waals surface area (Å²) < 4.78 is 38.5. The van der Waals surface area contributed by atoms with Crippen molar-refractivity contribution in [2.75, 3.05) is 6.54 Å². The van der Waals surface area contributed by atoms with E-state index in [-0.39, 0.29) is 11.9 Å². The maximum Gasteiger partial charge on any atom is 0.416 e. The first-order valence-electron chi connectivity index (χ1n) is 12.1. The van der Waals surface area contributed by atoms with Gasteiger partial charge >= 0.3 is 6.18 Å². The number of aromatic amines is 1. The molecule has 186 valence electrons. The van der Waals surface area contributed by atoms with Gasteiger partial charge in [0.1, 0.15) is 5.82 Å². The molecule has 36 heavy (non-hydrogen) atoms. The Morgan fingerprint density at radius 3 is 2.61 bits per heavy atom. The largest absolute Gasteiger partial charge is 0.416 e. The fourth-order valence-corrected chi connectivity index (χ4v) is 4.91. The SMILES string of the molecule is Cc1nc2ccc(CCC(=O)N3CCC[C@H]3c3cccc(Cc4ccc(C(F)(F)F)cc4)n3)cc2[nH]1. The van der Waals surface area contributed by atoms with Crippen LogP contribution in [0.15, 0.2) is 60.7 Å². The fourth-order valence-electron chi connectivity index (χ4n) is 4.91. The van der Waals surface area contributed by atoms with Crippen LogP contribution in [0.1, 0.15) is 59.2 Å². The van der Waals surface area contributed by atoms with E-state index in [1.165, 1.54) is 12.1 Å². The number of hydrogen-bond donors (Lipinski definition) is 1. The van der Waals surface area contributed by atoms with Crippen molar-refractivity contribution in [2.45, 2.75) is 51.2 Å². The number of aromatic nitrogens is 3. The lowest BCUT2D eigenvalue weighted by Crippen LogP contribution is -2.31. The van der Waals surface area contributed by atoms with Gasteiger partial charge in [0.25, 0.3) is 0 Å². The van der Waals surface area contributed by atoms with Crippen LogP contribution >= 0.6 is 0 Å². The van der Waals surface area contributed by atoms with Crippen LogP contribution in [-0.4, -0.2) is 32.3 Å². The number of benzene rings is 2. The average Bonchev–Trinajstić information content (AvgIpc) is 3.48. The highest BCUT2D eigenvalue weighted by molar-refractivity contribution is 5.78. The standard InChI is InChI=1S/C28H27F3N4O/c1-18-32-23-13-9-20(17-25(23)33-18)10-14-27(36)35-15-3-6-26(35)24-5-2-4-22(34-24)16-19-7-11-21(12-8-19)28(29,30)31/h2,4-5,7-9,11-13,17,26H,3,6,10,14-16H2,1H3,(H,32,33)/t26-/m0/s1. The second-order valence-corrected chi connectivity index (χ2v) is 9.34. The van der Waals surface area contributed by atoms with E-state index in [2.05, 4.69) is 16.0 Å². The topological polar surface area (TPSA) is 61.9 Å². The van der Waals surface area contributed by atoms with Gasteiger partial charge < -0.3 is 9.88 Å². The molecule has 8 heteroatoms. The number of carbonyl (C=O) groups is 1. The smallest absolute Gasteiger partial charge is 0.342 e. The summed E-state index contributed by atoms with van der Waals surface area (Å²) in [5.74, 6) is 0.972. The highest BCUT2D eigenvalue weighted by Gasteiger charge is 2.31. The Morgan fingerprint density at radius 1 is 1.06 bits per heavy atom. The first-order chi connectivity index (χ1) is 17.3. The summed E-state index contributed by atoms with van der Waals surface area (Å²) in [6, 6.07) is 16.9. The molecule has 1 amide bonds. The number of nitrogens with one attached hydrogen (secondary N) is 1. The number of amides is 1. The maximum atomic E-state index is 13.1. The van der Waals surface area contributed by atoms with Crippen molar-refractivity contribution in [2.24, 2.45) is 0 Å². The molecule has 0 bridgehead atoms. The Kier molecular flexibility index (Phi) is 6.51. The van der Waals surface area contributed by atoms with Crippen molar-refractivity contribution in [1.82, 2.24) is 19.9 Å². The van der Waals surface area contributed by atoms with Gasteiger partial charge in [-0.15, -0.1) is 0 Å². The van der Waals surface area contributed by atoms with Gasteiger partial charge in [-0.2, -0.15) is 13.2 Å². The molecule has 4 aromatic rings. The third-order valence-corrected chi connectivity index (χ3v) is 6.70. The summed E-state index contributed by atoms with van der Waals surface area (Å²) >= 11 is 0. The van der Waals surface area contributed by atoms with E-state index in [0.717, 1.165) is 64.3 Å². The van der Waals surface area contributed by atoms with Crippen molar-refractivity contribution >= 4 is 16.9 Å². The van der Waals surface area contributed by atoms with Crippen LogP contribution in [0.3, 0.4) is 0 Å². The summed E-state index contributed by atoms with van der Waals surface area (Å²) in [4.78, 5) is 27.5. The van der Waals surface area contributed by atoms with Crippen LogP contribution in [0.4, 0.5) is 13.2 Å². The number of carbonyl (C=O) groups excluding carboxylic acids is 1. The van der Waals surface area contributed by atoms with E-state index in [9.17, 15) is 18.0 Å². The summed E-state index contributed by atoms with van der Waals surface area (Å²) in [7, 11) is 0. The molecule has 1 fully saturated rings. The molecule has 1 N–H and O–H groups in total. The molecule has 0 aliphatic carbocycles. The summed E-state index contributed by atoms with van der Waals surface area (Å²) in [5, 5.41) is 0. The molecule has 1 saturated heterocycles. The van der Waals surface area contributed by atoms with Crippen molar-refractivity contribution < 1.29 is 18.0 Å². The molecule has 0 unspecified atom stereocenters. The molecule has 0 spiro atoms. The van der Waals surface area contributed by atoms with E-state index >= 15 is 0 Å². The molecule has 3 heterocycles. The highest BCUT2D eigenvalue weighted by atomic mass is 19.4. The number of fused-ring (bicyclic) bond motifs is 1. The van der Waals surface area contributed by atoms with Crippen LogP contribution in [0, 0.1) is 6.92 Å². The van der Waals surface area contributed by atoms with Crippen molar-refractivity contribution in [3.8, 4) is 0 Å². The molecule has 2 aromatic heterocycles. The Hall–Kier alpha value is -3.68. The van der Waals surface area contributed by atoms with E-state index < -0.39 is 11.7 Å². The Bertz CT molecular complexity index is 1380. The van der Waals surface area contributed by atoms with Crippen molar-refractivity contribution in [3.05, 3.63) is 94.6 Å². The fraction of sp³-hybridized carbons (Fsp3) is 0.321. The number of likely N-dealkylation sites (tertiary alicyclic amines) is 1. The molecule has 0 radical (unpaired) electrons. The quantitative estimate of drug-likeness (QED) is 0.350. The number of pyridine rings is 1. The molecule has 1 atom stereocenters. The van der Waals surface area contributed by atoms with Gasteiger partial charge in [-0.25, -0.2) is 4.98 Å². The third-order valence-electron chi connectivity index (χ3n) is 6.70. The molecule has 1 aliphatic heterocycles. The third kappa shape index (κ3) is 5.27. The number of rotatable bonds is 6. The van der Waals surface area contributed by atoms with Gasteiger partial charge in [0.15, 0.2) is 0 Å². The van der Waals surface area contributed by atoms with Gasteiger partial charge in [0, 0.05) is 25.1 Å². The number of H-pyrrole nitrogens is 1. The van der Waals surface area contributed by atoms with Crippen molar-refractivity contribution in [1.29, 1.82) is 0 Å². The molecule has 5 nitrogen and oxygen atoms in total. The van der Waals surface area contributed by atoms with E-state index in [4.69, 9.17) is 4.98 Å². The first-order valence-corrected chi connectivity index (χ1v) is 12.1. The van der Waals surface area contributed by atoms with Crippen LogP contribution in [-0.2, 0) is 23.8 Å². The van der Waals surface area contributed by atoms with Gasteiger partial charge in [-0.1, -0.05) is 24.3 Å². The van der Waals surface area contributed by atoms with Crippen LogP contribution in [0.2, 0.25) is 0 Å². The molecular formula is C28H27F3N4O. The number of nitrogens with zero attached hydrogens (tertiary/aromatic N) is 3. The van der Waals surface area contributed by atoms with Gasteiger partial charge in [0.2, 0.25) is 5.91 Å². The molecular weight excluding hydrogens is 465 g/mol. The first kappa shape index (κ1) is 24.0. The number of hydrogen-bond acceptors (Lipinski definition) is 3. The minimum Gasteiger partial charge on any atom is -0.342 e. The number of aryl methyl sites for hydroxylation is 2. The Labute approximate surface area is 207 Å². The van der Waals surface area contributed by atoms with Crippen LogP contribution in [0.5, 0.6) is 0 Å². The van der Waals surface area contributed by atoms with E-state index in [1.807, 2.05) is 42.2 Å². The molecule has 1 aliphatic rings. The normalized spacial score (nSPS) is 16.1. The number of imidazole rings is 1. The predicted octanol–water partition coefficient (Wildman–Crippen LogP) is 6.17. The second-order valence-electron chi connectivity index (χ2n) is 9.34. The van der Waals surface area contributed by atoms with Gasteiger partial charge in [-0.3, -0.25) is 9.78 Å². The van der Waals surface area contributed by atoms with Gasteiger partial charge in [-0.05, 0) is 73.7 Å². The zero-order chi connectivity index (χ0) is 25.3. The number of alkyl halides is 3. The van der Waals surface area contributed by atoms with Crippen LogP contribution < -0.4 is 0 Å². The summed E-state index contributed by atoms with van der Waals surface area (Å²) in [5.41, 5.74) is 4.69. The zero-order valence-corrected chi connectivity index (χ0v) is 20.0. The minimum absolute atomic E-state index is 0.0807. The second kappa shape index (κ2) is 9.76. The lowest BCUT2D eigenvalue weighted by Gasteiger charge is -2.25. The molecule has 2 aromatic carbocycles. The maximum absolute atomic E-state index is 13.1. The van der Waals surface area contributed by atoms with E-state index in [1.54, 1.807) is 0 Å². The lowest BCUT2D eigenvalue weighted by atomic mass is 10.0. The highest BCUT2D eigenvalue weighted by Crippen LogP contribution is 2.32. The Morgan fingerprint density at radius 2 is 1.83 bits per heavy atom. The van der Waals surface area contributed by atoms with E-state index in [0.29, 0.717) is 25.8 Å². The monoisotopic (exact) mass is 492 g/mol. The predicted molar refractivity (Wildman–Crippen MR) is 131 cm³/mol. The number of halogens is 3. The molecule has 5 rings (SSSR count). The zero-order valence-electron chi connectivity index (χ0n) is 20.0. The summed E-state index contributed by atoms with van der Waals surface area (Å²) in [6.45, 7) is 2.62. The lowest BCUT2D eigenvalue weighted by molar-refractivity contribution is -0.137. The average molecular weight is 493 g/mol. The molecule has 0 saturated carbocycles. The minimum atomic E-state index is -4.35.